The summed E-state index contributed by atoms with van der Waals surface area (Å²) < 4.78 is 6.41. The predicted molar refractivity (Wildman–Crippen MR) is 119 cm³/mol. The van der Waals surface area contributed by atoms with E-state index in [0.29, 0.717) is 29.3 Å². The number of methoxy groups -OCH3 is 1. The van der Waals surface area contributed by atoms with Crippen LogP contribution in [0.2, 0.25) is 0 Å². The van der Waals surface area contributed by atoms with Gasteiger partial charge in [0.2, 0.25) is 5.91 Å². The zero-order valence-electron chi connectivity index (χ0n) is 16.8. The smallest absolute Gasteiger partial charge is 0.235 e. The van der Waals surface area contributed by atoms with Gasteiger partial charge in [0.25, 0.3) is 0 Å². The maximum Gasteiger partial charge on any atom is 0.235 e. The number of allylic oxidation sites excluding steroid dienone is 2. The lowest BCUT2D eigenvalue weighted by molar-refractivity contribution is -0.119. The van der Waals surface area contributed by atoms with Crippen LogP contribution in [0.25, 0.3) is 0 Å². The Hall–Kier alpha value is -2.80. The molecule has 0 saturated heterocycles. The number of carbonyl (C=O) groups excluding carboxylic acids is 2. The monoisotopic (exact) mass is 467 g/mol. The fourth-order valence-corrected chi connectivity index (χ4v) is 4.49. The second kappa shape index (κ2) is 8.52. The molecule has 1 aromatic heterocycles. The van der Waals surface area contributed by atoms with Crippen LogP contribution >= 0.6 is 15.9 Å². The summed E-state index contributed by atoms with van der Waals surface area (Å²) in [6.07, 6.45) is 3.63. The van der Waals surface area contributed by atoms with E-state index in [9.17, 15) is 9.59 Å². The third-order valence-corrected chi connectivity index (χ3v) is 6.04. The molecule has 2 aliphatic rings. The summed E-state index contributed by atoms with van der Waals surface area (Å²) in [7, 11) is 1.60. The quantitative estimate of drug-likeness (QED) is 0.707. The topological polar surface area (TPSA) is 80.6 Å². The highest BCUT2D eigenvalue weighted by Gasteiger charge is 2.43. The number of nitrogens with one attached hydrogen (secondary N) is 1. The molecule has 2 heterocycles. The van der Waals surface area contributed by atoms with Crippen molar-refractivity contribution in [3.63, 3.8) is 0 Å². The second-order valence-corrected chi connectivity index (χ2v) is 8.35. The Morgan fingerprint density at radius 3 is 2.73 bits per heavy atom. The van der Waals surface area contributed by atoms with Gasteiger partial charge in [-0.05, 0) is 53.9 Å². The van der Waals surface area contributed by atoms with E-state index < -0.39 is 11.8 Å². The van der Waals surface area contributed by atoms with Crippen molar-refractivity contribution in [2.45, 2.75) is 32.1 Å². The zero-order valence-corrected chi connectivity index (χ0v) is 18.4. The average molecular weight is 468 g/mol. The van der Waals surface area contributed by atoms with Gasteiger partial charge < -0.3 is 10.1 Å². The molecule has 1 amide bonds. The molecule has 0 fully saturated rings. The Bertz CT molecular complexity index is 1060. The van der Waals surface area contributed by atoms with Crippen LogP contribution in [0.5, 0.6) is 5.75 Å². The first-order valence-electron chi connectivity index (χ1n) is 9.86. The number of nitrogens with zero attached hydrogens (tertiary/aromatic N) is 2. The molecule has 2 aromatic rings. The Morgan fingerprint density at radius 1 is 1.20 bits per heavy atom. The van der Waals surface area contributed by atoms with Gasteiger partial charge in [0.15, 0.2) is 5.78 Å². The van der Waals surface area contributed by atoms with Gasteiger partial charge in [-0.15, -0.1) is 0 Å². The number of ether oxygens (including phenoxy) is 1. The number of Topliss-reactive ketones (excluding diaryl/α,β-unsaturated/α-hetero) is 1. The minimum Gasteiger partial charge on any atom is -0.496 e. The number of aliphatic imine (C=N–C) groups is 1. The largest absolute Gasteiger partial charge is 0.496 e. The van der Waals surface area contributed by atoms with E-state index in [1.807, 2.05) is 37.3 Å². The number of pyridine rings is 1. The summed E-state index contributed by atoms with van der Waals surface area (Å²) in [5.41, 5.74) is 2.95. The third-order valence-electron chi connectivity index (χ3n) is 5.57. The Morgan fingerprint density at radius 2 is 2.00 bits per heavy atom. The minimum atomic E-state index is -0.632. The van der Waals surface area contributed by atoms with Crippen molar-refractivity contribution in [2.24, 2.45) is 10.9 Å². The van der Waals surface area contributed by atoms with Crippen LogP contribution in [0.1, 0.15) is 37.7 Å². The van der Waals surface area contributed by atoms with Gasteiger partial charge in [-0.25, -0.2) is 4.98 Å². The summed E-state index contributed by atoms with van der Waals surface area (Å²) in [6, 6.07) is 11.1. The number of para-hydroxylation sites is 1. The predicted octanol–water partition coefficient (Wildman–Crippen LogP) is 4.67. The van der Waals surface area contributed by atoms with E-state index in [1.165, 1.54) is 0 Å². The third kappa shape index (κ3) is 3.81. The number of anilines is 1. The summed E-state index contributed by atoms with van der Waals surface area (Å²) >= 11 is 3.35. The van der Waals surface area contributed by atoms with E-state index in [2.05, 4.69) is 26.2 Å². The van der Waals surface area contributed by atoms with Crippen LogP contribution in [0.3, 0.4) is 0 Å². The number of hydrogen-bond acceptors (Lipinski definition) is 5. The van der Waals surface area contributed by atoms with Gasteiger partial charge in [-0.3, -0.25) is 14.6 Å². The maximum absolute atomic E-state index is 13.4. The standard InChI is InChI=1S/C23H22BrN3O3/c1-13-20(23(29)27-19-11-10-14(24)12-25-19)21(15-6-3-4-9-18(15)30-2)22-16(26-13)7-5-8-17(22)28/h3-4,6,9-12,20-21H,5,7-8H2,1-2H3,(H,25,27,29)/t20?,21-/m0/s1. The summed E-state index contributed by atoms with van der Waals surface area (Å²) in [5.74, 6) is -0.161. The van der Waals surface area contributed by atoms with Gasteiger partial charge in [0, 0.05) is 45.6 Å². The lowest BCUT2D eigenvalue weighted by atomic mass is 9.71. The van der Waals surface area contributed by atoms with Gasteiger partial charge in [-0.2, -0.15) is 0 Å². The summed E-state index contributed by atoms with van der Waals surface area (Å²) in [4.78, 5) is 35.3. The number of benzene rings is 1. The molecule has 1 N–H and O–H groups in total. The van der Waals surface area contributed by atoms with Gasteiger partial charge in [0.1, 0.15) is 11.6 Å². The molecule has 0 radical (unpaired) electrons. The second-order valence-electron chi connectivity index (χ2n) is 7.44. The molecule has 1 unspecified atom stereocenters. The number of aromatic nitrogens is 1. The number of hydrogen-bond donors (Lipinski definition) is 1. The summed E-state index contributed by atoms with van der Waals surface area (Å²) in [5, 5.41) is 2.89. The molecular weight excluding hydrogens is 446 g/mol. The normalized spacial score (nSPS) is 21.0. The van der Waals surface area contributed by atoms with Gasteiger partial charge >= 0.3 is 0 Å². The van der Waals surface area contributed by atoms with Crippen molar-refractivity contribution in [1.29, 1.82) is 0 Å². The number of amides is 1. The van der Waals surface area contributed by atoms with Crippen LogP contribution in [0.15, 0.2) is 63.3 Å². The highest BCUT2D eigenvalue weighted by molar-refractivity contribution is 9.10. The molecule has 6 nitrogen and oxygen atoms in total. The van der Waals surface area contributed by atoms with Crippen molar-refractivity contribution >= 4 is 39.1 Å². The molecule has 0 bridgehead atoms. The number of rotatable bonds is 4. The van der Waals surface area contributed by atoms with Crippen molar-refractivity contribution in [3.05, 3.63) is 63.9 Å². The lowest BCUT2D eigenvalue weighted by Gasteiger charge is -2.35. The number of ketones is 1. The summed E-state index contributed by atoms with van der Waals surface area (Å²) in [6.45, 7) is 1.85. The van der Waals surface area contributed by atoms with Crippen molar-refractivity contribution < 1.29 is 14.3 Å². The fraction of sp³-hybridized carbons (Fsp3) is 0.304. The molecule has 0 spiro atoms. The first-order chi connectivity index (χ1) is 14.5. The van der Waals surface area contributed by atoms with Crippen molar-refractivity contribution in [2.75, 3.05) is 12.4 Å². The van der Waals surface area contributed by atoms with Crippen LogP contribution in [-0.2, 0) is 9.59 Å². The molecule has 0 saturated carbocycles. The van der Waals surface area contributed by atoms with Crippen LogP contribution < -0.4 is 10.1 Å². The van der Waals surface area contributed by atoms with Crippen LogP contribution in [0, 0.1) is 5.92 Å². The number of halogens is 1. The van der Waals surface area contributed by atoms with Gasteiger partial charge in [0.05, 0.1) is 13.0 Å². The van der Waals surface area contributed by atoms with Crippen molar-refractivity contribution in [3.8, 4) is 5.75 Å². The molecule has 4 rings (SSSR count). The van der Waals surface area contributed by atoms with E-state index >= 15 is 0 Å². The molecule has 30 heavy (non-hydrogen) atoms. The van der Waals surface area contributed by atoms with E-state index in [1.54, 1.807) is 19.4 Å². The fourth-order valence-electron chi connectivity index (χ4n) is 4.26. The average Bonchev–Trinajstić information content (AvgIpc) is 2.74. The molecule has 2 atom stereocenters. The molecule has 1 aliphatic heterocycles. The first kappa shape index (κ1) is 20.5. The highest BCUT2D eigenvalue weighted by Crippen LogP contribution is 2.45. The SMILES string of the molecule is COc1ccccc1[C@@H]1C2=C(CCCC2=O)N=C(C)C1C(=O)Nc1ccc(Br)cn1. The van der Waals surface area contributed by atoms with E-state index in [0.717, 1.165) is 28.6 Å². The van der Waals surface area contributed by atoms with Gasteiger partial charge in [-0.1, -0.05) is 18.2 Å². The maximum atomic E-state index is 13.4. The van der Waals surface area contributed by atoms with E-state index in [4.69, 9.17) is 9.73 Å². The van der Waals surface area contributed by atoms with Crippen LogP contribution in [0.4, 0.5) is 5.82 Å². The first-order valence-corrected chi connectivity index (χ1v) is 10.7. The molecule has 7 heteroatoms. The molecular formula is C23H22BrN3O3. The zero-order chi connectivity index (χ0) is 21.3. The van der Waals surface area contributed by atoms with Crippen LogP contribution in [-0.4, -0.2) is 29.5 Å². The Labute approximate surface area is 183 Å². The minimum absolute atomic E-state index is 0.0583. The van der Waals surface area contributed by atoms with Crippen molar-refractivity contribution in [1.82, 2.24) is 4.98 Å². The molecule has 1 aliphatic carbocycles. The number of carbonyl (C=O) groups is 2. The van der Waals surface area contributed by atoms with E-state index in [-0.39, 0.29) is 11.7 Å². The molecule has 154 valence electrons. The Kier molecular flexibility index (Phi) is 5.81. The molecule has 1 aromatic carbocycles. The highest BCUT2D eigenvalue weighted by atomic mass is 79.9. The Balaban J connectivity index is 1.80. The lowest BCUT2D eigenvalue weighted by Crippen LogP contribution is -2.39.